The Kier molecular flexibility index (Phi) is 6.00. The molecule has 0 radical (unpaired) electrons. The zero-order valence-electron chi connectivity index (χ0n) is 8.00. The first-order valence-corrected chi connectivity index (χ1v) is 8.05. The van der Waals surface area contributed by atoms with Crippen LogP contribution in [-0.4, -0.2) is 23.9 Å². The summed E-state index contributed by atoms with van der Waals surface area (Å²) in [6, 6.07) is 6.13. The minimum Gasteiger partial charge on any atom is -0.224 e. The normalized spacial score (nSPS) is 11.6. The van der Waals surface area contributed by atoms with Crippen LogP contribution in [0.4, 0.5) is 0 Å². The predicted molar refractivity (Wildman–Crippen MR) is 68.0 cm³/mol. The van der Waals surface area contributed by atoms with Crippen molar-refractivity contribution in [2.75, 3.05) is 10.2 Å². The first-order chi connectivity index (χ1) is 7.60. The summed E-state index contributed by atoms with van der Waals surface area (Å²) < 4.78 is 28.1. The van der Waals surface area contributed by atoms with Gasteiger partial charge in [0.15, 0.2) is 9.84 Å². The lowest BCUT2D eigenvalue weighted by atomic mass is 10.4. The Labute approximate surface area is 111 Å². The monoisotopic (exact) mass is 376 g/mol. The maximum atomic E-state index is 11.6. The zero-order chi connectivity index (χ0) is 12.0. The molecule has 0 unspecified atom stereocenters. The van der Waals surface area contributed by atoms with E-state index in [0.29, 0.717) is 9.32 Å². The number of alkyl halides is 1. The van der Waals surface area contributed by atoms with Gasteiger partial charge in [0.05, 0.1) is 22.7 Å². The van der Waals surface area contributed by atoms with E-state index in [9.17, 15) is 8.42 Å². The van der Waals surface area contributed by atoms with Crippen molar-refractivity contribution in [3.8, 4) is 0 Å². The Bertz CT molecular complexity index is 417. The molecule has 16 heavy (non-hydrogen) atoms. The molecule has 1 aromatic carbocycles. The van der Waals surface area contributed by atoms with E-state index in [1.165, 1.54) is 12.1 Å². The Morgan fingerprint density at radius 1 is 1.31 bits per heavy atom. The number of hydrogen-bond acceptors (Lipinski definition) is 6. The van der Waals surface area contributed by atoms with Crippen molar-refractivity contribution < 1.29 is 23.0 Å². The molecule has 0 heterocycles. The largest absolute Gasteiger partial charge is 0.224 e. The molecule has 0 fully saturated rings. The summed E-state index contributed by atoms with van der Waals surface area (Å²) in [6.07, 6.45) is 0. The highest BCUT2D eigenvalue weighted by molar-refractivity contribution is 14.1. The van der Waals surface area contributed by atoms with Crippen LogP contribution >= 0.6 is 34.6 Å². The predicted octanol–water partition coefficient (Wildman–Crippen LogP) is 2.32. The van der Waals surface area contributed by atoms with Gasteiger partial charge in [0.25, 0.3) is 0 Å². The third kappa shape index (κ3) is 4.18. The molecule has 0 amide bonds. The summed E-state index contributed by atoms with van der Waals surface area (Å²) in [5, 5.41) is 11.4. The molecule has 0 spiro atoms. The number of benzene rings is 1. The van der Waals surface area contributed by atoms with Crippen LogP contribution in [0.3, 0.4) is 0 Å². The minimum atomic E-state index is -3.19. The van der Waals surface area contributed by atoms with Crippen LogP contribution in [0.2, 0.25) is 0 Å². The number of hydrogen-bond donors (Lipinski definition) is 1. The fourth-order valence-electron chi connectivity index (χ4n) is 0.976. The SMILES string of the molecule is O=S(=O)(CCI)c1ccc(SOOO)cc1. The van der Waals surface area contributed by atoms with Crippen molar-refractivity contribution in [3.63, 3.8) is 0 Å². The molecule has 0 saturated carbocycles. The molecular weight excluding hydrogens is 367 g/mol. The van der Waals surface area contributed by atoms with Crippen molar-refractivity contribution in [2.24, 2.45) is 0 Å². The first-order valence-electron chi connectivity index (χ1n) is 4.13. The smallest absolute Gasteiger partial charge is 0.179 e. The number of sulfone groups is 1. The highest BCUT2D eigenvalue weighted by atomic mass is 127. The molecule has 0 aliphatic rings. The Hall–Kier alpha value is 0.130. The fraction of sp³-hybridized carbons (Fsp3) is 0.250. The van der Waals surface area contributed by atoms with E-state index in [1.54, 1.807) is 12.1 Å². The summed E-state index contributed by atoms with van der Waals surface area (Å²) in [5.41, 5.74) is 0. The van der Waals surface area contributed by atoms with E-state index in [0.717, 1.165) is 12.0 Å². The van der Waals surface area contributed by atoms with Gasteiger partial charge in [-0.1, -0.05) is 27.6 Å². The van der Waals surface area contributed by atoms with Crippen LogP contribution in [0.5, 0.6) is 0 Å². The molecule has 0 aliphatic carbocycles. The average molecular weight is 376 g/mol. The molecule has 0 saturated heterocycles. The van der Waals surface area contributed by atoms with Gasteiger partial charge in [-0.25, -0.2) is 13.7 Å². The maximum Gasteiger partial charge on any atom is 0.179 e. The second-order valence-electron chi connectivity index (χ2n) is 2.71. The minimum absolute atomic E-state index is 0.121. The highest BCUT2D eigenvalue weighted by Crippen LogP contribution is 2.21. The van der Waals surface area contributed by atoms with Gasteiger partial charge in [-0.2, -0.15) is 0 Å². The summed E-state index contributed by atoms with van der Waals surface area (Å²) >= 11 is 2.80. The Morgan fingerprint density at radius 2 is 1.94 bits per heavy atom. The van der Waals surface area contributed by atoms with E-state index >= 15 is 0 Å². The molecule has 1 aromatic rings. The average Bonchev–Trinajstić information content (AvgIpc) is 2.27. The van der Waals surface area contributed by atoms with Crippen LogP contribution in [0.1, 0.15) is 0 Å². The molecule has 8 heteroatoms. The third-order valence-electron chi connectivity index (χ3n) is 1.69. The first kappa shape index (κ1) is 14.2. The Balaban J connectivity index is 2.78. The molecule has 1 rings (SSSR count). The van der Waals surface area contributed by atoms with Gasteiger partial charge in [0.2, 0.25) is 0 Å². The van der Waals surface area contributed by atoms with Gasteiger partial charge < -0.3 is 0 Å². The molecular formula is C8H9IO5S2. The standard InChI is InChI=1S/C8H9IO5S2/c9-5-6-16(11,12)8-3-1-7(2-4-8)15-14-13-10/h1-4,10H,5-6H2. The van der Waals surface area contributed by atoms with Crippen LogP contribution in [0.15, 0.2) is 34.1 Å². The fourth-order valence-corrected chi connectivity index (χ4v) is 4.06. The maximum absolute atomic E-state index is 11.6. The zero-order valence-corrected chi connectivity index (χ0v) is 11.8. The molecule has 0 aliphatic heterocycles. The van der Waals surface area contributed by atoms with Gasteiger partial charge >= 0.3 is 0 Å². The van der Waals surface area contributed by atoms with E-state index in [2.05, 4.69) is 9.37 Å². The van der Waals surface area contributed by atoms with Crippen LogP contribution in [0, 0.1) is 0 Å². The van der Waals surface area contributed by atoms with Gasteiger partial charge in [0.1, 0.15) is 0 Å². The summed E-state index contributed by atoms with van der Waals surface area (Å²) in [7, 11) is -3.19. The topological polar surface area (TPSA) is 72.8 Å². The van der Waals surface area contributed by atoms with Crippen LogP contribution < -0.4 is 0 Å². The molecule has 0 bridgehead atoms. The lowest BCUT2D eigenvalue weighted by Crippen LogP contribution is -2.07. The summed E-state index contributed by atoms with van der Waals surface area (Å²) in [5.74, 6) is 0.121. The lowest BCUT2D eigenvalue weighted by molar-refractivity contribution is -0.432. The second-order valence-corrected chi connectivity index (χ2v) is 6.67. The molecule has 1 N–H and O–H groups in total. The number of rotatable bonds is 6. The van der Waals surface area contributed by atoms with Gasteiger partial charge in [-0.05, 0) is 24.3 Å². The lowest BCUT2D eigenvalue weighted by Gasteiger charge is -2.03. The van der Waals surface area contributed by atoms with Gasteiger partial charge in [-0.15, -0.1) is 4.33 Å². The summed E-state index contributed by atoms with van der Waals surface area (Å²) in [6.45, 7) is 0. The van der Waals surface area contributed by atoms with Crippen molar-refractivity contribution in [2.45, 2.75) is 9.79 Å². The van der Waals surface area contributed by atoms with E-state index in [1.807, 2.05) is 22.6 Å². The molecule has 0 aromatic heterocycles. The van der Waals surface area contributed by atoms with Crippen LogP contribution in [0.25, 0.3) is 0 Å². The van der Waals surface area contributed by atoms with E-state index < -0.39 is 9.84 Å². The molecule has 90 valence electrons. The number of halogens is 1. The Morgan fingerprint density at radius 3 is 2.44 bits per heavy atom. The van der Waals surface area contributed by atoms with E-state index in [4.69, 9.17) is 5.26 Å². The van der Waals surface area contributed by atoms with Crippen molar-refractivity contribution >= 4 is 44.5 Å². The third-order valence-corrected chi connectivity index (χ3v) is 5.29. The van der Waals surface area contributed by atoms with Crippen molar-refractivity contribution in [1.82, 2.24) is 0 Å². The van der Waals surface area contributed by atoms with Gasteiger partial charge in [0, 0.05) is 9.32 Å². The van der Waals surface area contributed by atoms with Gasteiger partial charge in [-0.3, -0.25) is 0 Å². The highest BCUT2D eigenvalue weighted by Gasteiger charge is 2.12. The second kappa shape index (κ2) is 6.77. The van der Waals surface area contributed by atoms with Crippen molar-refractivity contribution in [3.05, 3.63) is 24.3 Å². The summed E-state index contributed by atoms with van der Waals surface area (Å²) in [4.78, 5) is 0.904. The van der Waals surface area contributed by atoms with E-state index in [-0.39, 0.29) is 10.6 Å². The quantitative estimate of drug-likeness (QED) is 0.270. The molecule has 0 atom stereocenters. The molecule has 5 nitrogen and oxygen atoms in total. The van der Waals surface area contributed by atoms with Crippen LogP contribution in [-0.2, 0) is 19.2 Å². The van der Waals surface area contributed by atoms with Crippen molar-refractivity contribution in [1.29, 1.82) is 0 Å².